The quantitative estimate of drug-likeness (QED) is 0.831. The van der Waals surface area contributed by atoms with Crippen molar-refractivity contribution < 1.29 is 19.4 Å². The van der Waals surface area contributed by atoms with Crippen LogP contribution in [0.1, 0.15) is 50.5 Å². The van der Waals surface area contributed by atoms with Gasteiger partial charge in [-0.15, -0.1) is 0 Å². The summed E-state index contributed by atoms with van der Waals surface area (Å²) in [6.45, 7) is 3.45. The molecule has 0 radical (unpaired) electrons. The van der Waals surface area contributed by atoms with Gasteiger partial charge in [-0.25, -0.2) is 0 Å². The highest BCUT2D eigenvalue weighted by atomic mass is 16.5. The van der Waals surface area contributed by atoms with Crippen molar-refractivity contribution in [2.75, 3.05) is 20.2 Å². The van der Waals surface area contributed by atoms with Crippen LogP contribution in [0.15, 0.2) is 24.3 Å². The Labute approximate surface area is 143 Å². The number of hydrogen-bond donors (Lipinski definition) is 1. The summed E-state index contributed by atoms with van der Waals surface area (Å²) in [6, 6.07) is 7.92. The van der Waals surface area contributed by atoms with Crippen molar-refractivity contribution in [2.24, 2.45) is 5.92 Å². The van der Waals surface area contributed by atoms with Crippen LogP contribution in [-0.2, 0) is 9.59 Å². The van der Waals surface area contributed by atoms with E-state index in [4.69, 9.17) is 9.84 Å². The number of likely N-dealkylation sites (tertiary alicyclic amines) is 1. The minimum absolute atomic E-state index is 0.173. The Kier molecular flexibility index (Phi) is 6.64. The number of benzene rings is 1. The number of ether oxygens (including phenoxy) is 1. The smallest absolute Gasteiger partial charge is 0.303 e. The minimum Gasteiger partial charge on any atom is -0.497 e. The predicted molar refractivity (Wildman–Crippen MR) is 92.2 cm³/mol. The fourth-order valence-corrected chi connectivity index (χ4v) is 3.35. The SMILES string of the molecule is CCC(CC(=O)N1CCC(CC(=O)O)CC1)c1ccc(OC)cc1. The number of nitrogens with zero attached hydrogens (tertiary/aromatic N) is 1. The molecule has 1 unspecified atom stereocenters. The van der Waals surface area contributed by atoms with Gasteiger partial charge in [0.15, 0.2) is 0 Å². The van der Waals surface area contributed by atoms with Gasteiger partial charge in [-0.3, -0.25) is 9.59 Å². The monoisotopic (exact) mass is 333 g/mol. The van der Waals surface area contributed by atoms with Gasteiger partial charge in [0.05, 0.1) is 7.11 Å². The molecular weight excluding hydrogens is 306 g/mol. The fraction of sp³-hybridized carbons (Fsp3) is 0.579. The molecule has 1 saturated heterocycles. The van der Waals surface area contributed by atoms with Gasteiger partial charge in [0.2, 0.25) is 5.91 Å². The maximum absolute atomic E-state index is 12.6. The van der Waals surface area contributed by atoms with Gasteiger partial charge in [-0.05, 0) is 48.8 Å². The normalized spacial score (nSPS) is 16.7. The van der Waals surface area contributed by atoms with Crippen LogP contribution in [0.2, 0.25) is 0 Å². The Morgan fingerprint density at radius 2 is 1.88 bits per heavy atom. The van der Waals surface area contributed by atoms with E-state index in [1.165, 1.54) is 0 Å². The topological polar surface area (TPSA) is 66.8 Å². The molecule has 2 rings (SSSR count). The number of carbonyl (C=O) groups is 2. The summed E-state index contributed by atoms with van der Waals surface area (Å²) >= 11 is 0. The van der Waals surface area contributed by atoms with E-state index < -0.39 is 5.97 Å². The summed E-state index contributed by atoms with van der Waals surface area (Å²) in [7, 11) is 1.64. The van der Waals surface area contributed by atoms with Gasteiger partial charge in [-0.1, -0.05) is 19.1 Å². The average molecular weight is 333 g/mol. The molecule has 0 bridgehead atoms. The van der Waals surface area contributed by atoms with Crippen LogP contribution in [-0.4, -0.2) is 42.1 Å². The molecule has 1 N–H and O–H groups in total. The van der Waals surface area contributed by atoms with Gasteiger partial charge in [-0.2, -0.15) is 0 Å². The predicted octanol–water partition coefficient (Wildman–Crippen LogP) is 3.29. The van der Waals surface area contributed by atoms with Crippen LogP contribution in [0.25, 0.3) is 0 Å². The van der Waals surface area contributed by atoms with Crippen molar-refractivity contribution in [3.05, 3.63) is 29.8 Å². The first-order chi connectivity index (χ1) is 11.5. The van der Waals surface area contributed by atoms with Crippen molar-refractivity contribution in [3.8, 4) is 5.75 Å². The second-order valence-electron chi connectivity index (χ2n) is 6.50. The van der Waals surface area contributed by atoms with Crippen molar-refractivity contribution >= 4 is 11.9 Å². The molecule has 1 fully saturated rings. The van der Waals surface area contributed by atoms with Crippen molar-refractivity contribution in [2.45, 2.75) is 44.9 Å². The molecule has 1 heterocycles. The van der Waals surface area contributed by atoms with Gasteiger partial charge in [0.1, 0.15) is 5.75 Å². The van der Waals surface area contributed by atoms with Crippen molar-refractivity contribution in [3.63, 3.8) is 0 Å². The highest BCUT2D eigenvalue weighted by Gasteiger charge is 2.25. The number of hydrogen-bond acceptors (Lipinski definition) is 3. The Bertz CT molecular complexity index is 547. The fourth-order valence-electron chi connectivity index (χ4n) is 3.35. The van der Waals surface area contributed by atoms with E-state index in [0.29, 0.717) is 19.5 Å². The molecule has 5 nitrogen and oxygen atoms in total. The summed E-state index contributed by atoms with van der Waals surface area (Å²) in [6.07, 6.45) is 3.21. The van der Waals surface area contributed by atoms with Gasteiger partial charge in [0, 0.05) is 25.9 Å². The molecule has 1 aliphatic heterocycles. The third kappa shape index (κ3) is 4.98. The lowest BCUT2D eigenvalue weighted by Crippen LogP contribution is -2.39. The van der Waals surface area contributed by atoms with E-state index in [1.54, 1.807) is 7.11 Å². The van der Waals surface area contributed by atoms with E-state index in [1.807, 2.05) is 29.2 Å². The van der Waals surface area contributed by atoms with Crippen molar-refractivity contribution in [1.29, 1.82) is 0 Å². The van der Waals surface area contributed by atoms with E-state index >= 15 is 0 Å². The third-order valence-electron chi connectivity index (χ3n) is 4.93. The summed E-state index contributed by atoms with van der Waals surface area (Å²) in [4.78, 5) is 25.3. The van der Waals surface area contributed by atoms with Gasteiger partial charge in [0.25, 0.3) is 0 Å². The second kappa shape index (κ2) is 8.71. The van der Waals surface area contributed by atoms with Crippen LogP contribution >= 0.6 is 0 Å². The second-order valence-corrected chi connectivity index (χ2v) is 6.50. The molecule has 0 saturated carbocycles. The Balaban J connectivity index is 1.89. The maximum atomic E-state index is 12.6. The van der Waals surface area contributed by atoms with Crippen LogP contribution in [0.5, 0.6) is 5.75 Å². The lowest BCUT2D eigenvalue weighted by atomic mass is 9.90. The van der Waals surface area contributed by atoms with E-state index in [-0.39, 0.29) is 24.2 Å². The van der Waals surface area contributed by atoms with E-state index in [9.17, 15) is 9.59 Å². The van der Waals surface area contributed by atoms with Crippen LogP contribution in [0, 0.1) is 5.92 Å². The first-order valence-electron chi connectivity index (χ1n) is 8.67. The van der Waals surface area contributed by atoms with Crippen molar-refractivity contribution in [1.82, 2.24) is 4.90 Å². The van der Waals surface area contributed by atoms with Gasteiger partial charge >= 0.3 is 5.97 Å². The van der Waals surface area contributed by atoms with Crippen LogP contribution in [0.4, 0.5) is 0 Å². The molecule has 1 aliphatic rings. The maximum Gasteiger partial charge on any atom is 0.303 e. The van der Waals surface area contributed by atoms with E-state index in [0.717, 1.165) is 30.6 Å². The molecular formula is C19H27NO4. The molecule has 24 heavy (non-hydrogen) atoms. The molecule has 0 spiro atoms. The first kappa shape index (κ1) is 18.3. The van der Waals surface area contributed by atoms with Crippen LogP contribution in [0.3, 0.4) is 0 Å². The number of methoxy groups -OCH3 is 1. The number of carboxylic acids is 1. The lowest BCUT2D eigenvalue weighted by Gasteiger charge is -2.32. The number of carboxylic acid groups (broad SMARTS) is 1. The molecule has 1 amide bonds. The molecule has 1 atom stereocenters. The Morgan fingerprint density at radius 3 is 2.38 bits per heavy atom. The zero-order chi connectivity index (χ0) is 17.5. The number of aliphatic carboxylic acids is 1. The van der Waals surface area contributed by atoms with E-state index in [2.05, 4.69) is 6.92 Å². The number of amides is 1. The summed E-state index contributed by atoms with van der Waals surface area (Å²) < 4.78 is 5.18. The Hall–Kier alpha value is -2.04. The lowest BCUT2D eigenvalue weighted by molar-refractivity contribution is -0.138. The molecule has 1 aromatic rings. The highest BCUT2D eigenvalue weighted by molar-refractivity contribution is 5.77. The standard InChI is InChI=1S/C19H27NO4/c1-3-15(16-4-6-17(24-2)7-5-16)13-18(21)20-10-8-14(9-11-20)12-19(22)23/h4-7,14-15H,3,8-13H2,1-2H3,(H,22,23). The summed E-state index contributed by atoms with van der Waals surface area (Å²) in [5, 5.41) is 8.87. The first-order valence-corrected chi connectivity index (χ1v) is 8.67. The summed E-state index contributed by atoms with van der Waals surface area (Å²) in [5.74, 6) is 0.660. The summed E-state index contributed by atoms with van der Waals surface area (Å²) in [5.41, 5.74) is 1.16. The number of piperidine rings is 1. The minimum atomic E-state index is -0.745. The average Bonchev–Trinajstić information content (AvgIpc) is 2.59. The molecule has 0 aromatic heterocycles. The third-order valence-corrected chi connectivity index (χ3v) is 4.93. The highest BCUT2D eigenvalue weighted by Crippen LogP contribution is 2.27. The molecule has 1 aromatic carbocycles. The molecule has 132 valence electrons. The molecule has 5 heteroatoms. The number of carbonyl (C=O) groups excluding carboxylic acids is 1. The Morgan fingerprint density at radius 1 is 1.25 bits per heavy atom. The zero-order valence-corrected chi connectivity index (χ0v) is 14.5. The number of rotatable bonds is 7. The van der Waals surface area contributed by atoms with Crippen LogP contribution < -0.4 is 4.74 Å². The largest absolute Gasteiger partial charge is 0.497 e. The zero-order valence-electron chi connectivity index (χ0n) is 14.5. The van der Waals surface area contributed by atoms with Gasteiger partial charge < -0.3 is 14.7 Å². The molecule has 0 aliphatic carbocycles.